The van der Waals surface area contributed by atoms with Gasteiger partial charge in [0.2, 0.25) is 0 Å². The lowest BCUT2D eigenvalue weighted by Gasteiger charge is -2.30. The average Bonchev–Trinajstić information content (AvgIpc) is 2.49. The van der Waals surface area contributed by atoms with Crippen molar-refractivity contribution in [1.82, 2.24) is 4.98 Å². The molecule has 0 unspecified atom stereocenters. The van der Waals surface area contributed by atoms with Gasteiger partial charge in [0.15, 0.2) is 0 Å². The van der Waals surface area contributed by atoms with Crippen molar-refractivity contribution < 1.29 is 0 Å². The number of aromatic nitrogens is 1. The normalized spacial score (nSPS) is 15.7. The Bertz CT molecular complexity index is 502. The maximum atomic E-state index is 4.29. The van der Waals surface area contributed by atoms with Crippen molar-refractivity contribution in [3.05, 3.63) is 48.8 Å². The zero-order valence-electron chi connectivity index (χ0n) is 10.5. The lowest BCUT2D eigenvalue weighted by Crippen LogP contribution is -2.29. The second-order valence-corrected chi connectivity index (χ2v) is 4.81. The van der Waals surface area contributed by atoms with Crippen molar-refractivity contribution in [2.45, 2.75) is 19.3 Å². The van der Waals surface area contributed by atoms with E-state index >= 15 is 0 Å². The van der Waals surface area contributed by atoms with Crippen LogP contribution in [0, 0.1) is 0 Å². The molecule has 2 aromatic rings. The number of hydrogen-bond acceptors (Lipinski definition) is 2. The van der Waals surface area contributed by atoms with E-state index < -0.39 is 0 Å². The summed E-state index contributed by atoms with van der Waals surface area (Å²) < 4.78 is 0. The second kappa shape index (κ2) is 5.21. The van der Waals surface area contributed by atoms with Gasteiger partial charge in [0.05, 0.1) is 0 Å². The molecule has 1 aromatic heterocycles. The smallest absolute Gasteiger partial charge is 0.0476 e. The maximum Gasteiger partial charge on any atom is 0.0476 e. The highest BCUT2D eigenvalue weighted by Gasteiger charge is 2.14. The first kappa shape index (κ1) is 11.3. The number of hydrogen-bond donors (Lipinski definition) is 0. The van der Waals surface area contributed by atoms with Crippen LogP contribution in [0.4, 0.5) is 5.69 Å². The van der Waals surface area contributed by atoms with E-state index in [1.54, 1.807) is 0 Å². The molecule has 0 atom stereocenters. The monoisotopic (exact) mass is 238 g/mol. The Hall–Kier alpha value is -1.83. The van der Waals surface area contributed by atoms with Crippen LogP contribution in [0.3, 0.4) is 0 Å². The summed E-state index contributed by atoms with van der Waals surface area (Å²) in [6.45, 7) is 2.34. The molecule has 0 spiro atoms. The third-order valence-corrected chi connectivity index (χ3v) is 3.58. The molecule has 1 aliphatic heterocycles. The predicted molar refractivity (Wildman–Crippen MR) is 75.7 cm³/mol. The van der Waals surface area contributed by atoms with Crippen molar-refractivity contribution in [3.8, 4) is 11.1 Å². The molecule has 92 valence electrons. The first-order valence-electron chi connectivity index (χ1n) is 6.69. The standard InChI is InChI=1S/C16H18N2/c1-3-7-14(8-4-1)15-13-17-10-9-16(15)18-11-5-2-6-12-18/h1,3-4,7-10,13H,2,5-6,11-12H2. The molecule has 0 radical (unpaired) electrons. The molecule has 1 aromatic carbocycles. The summed E-state index contributed by atoms with van der Waals surface area (Å²) in [4.78, 5) is 6.78. The zero-order valence-corrected chi connectivity index (χ0v) is 10.5. The Morgan fingerprint density at radius 3 is 2.44 bits per heavy atom. The molecule has 2 heteroatoms. The Morgan fingerprint density at radius 1 is 0.889 bits per heavy atom. The topological polar surface area (TPSA) is 16.1 Å². The molecule has 0 N–H and O–H groups in total. The van der Waals surface area contributed by atoms with Crippen LogP contribution in [0.1, 0.15) is 19.3 Å². The van der Waals surface area contributed by atoms with Gasteiger partial charge in [0.25, 0.3) is 0 Å². The summed E-state index contributed by atoms with van der Waals surface area (Å²) in [7, 11) is 0. The molecule has 1 saturated heterocycles. The Balaban J connectivity index is 1.99. The molecule has 18 heavy (non-hydrogen) atoms. The summed E-state index contributed by atoms with van der Waals surface area (Å²) in [6, 6.07) is 12.7. The number of nitrogens with zero attached hydrogens (tertiary/aromatic N) is 2. The van der Waals surface area contributed by atoms with E-state index in [2.05, 4.69) is 46.3 Å². The molecule has 1 aliphatic rings. The van der Waals surface area contributed by atoms with Gasteiger partial charge in [-0.3, -0.25) is 4.98 Å². The SMILES string of the molecule is c1ccc(-c2cnccc2N2CCCCC2)cc1. The molecule has 2 heterocycles. The van der Waals surface area contributed by atoms with Crippen LogP contribution in [0.2, 0.25) is 0 Å². The number of benzene rings is 1. The highest BCUT2D eigenvalue weighted by molar-refractivity contribution is 5.77. The third-order valence-electron chi connectivity index (χ3n) is 3.58. The van der Waals surface area contributed by atoms with E-state index in [0.717, 1.165) is 0 Å². The molecular formula is C16H18N2. The van der Waals surface area contributed by atoms with Gasteiger partial charge in [-0.2, -0.15) is 0 Å². The van der Waals surface area contributed by atoms with Crippen LogP contribution in [0.25, 0.3) is 11.1 Å². The number of anilines is 1. The Morgan fingerprint density at radius 2 is 1.67 bits per heavy atom. The van der Waals surface area contributed by atoms with Crippen molar-refractivity contribution in [2.24, 2.45) is 0 Å². The lowest BCUT2D eigenvalue weighted by atomic mass is 10.0. The third kappa shape index (κ3) is 2.23. The van der Waals surface area contributed by atoms with Gasteiger partial charge in [-0.05, 0) is 30.9 Å². The highest BCUT2D eigenvalue weighted by atomic mass is 15.1. The summed E-state index contributed by atoms with van der Waals surface area (Å²) in [5, 5.41) is 0. The predicted octanol–water partition coefficient (Wildman–Crippen LogP) is 3.74. The molecule has 3 rings (SSSR count). The van der Waals surface area contributed by atoms with E-state index in [4.69, 9.17) is 0 Å². The van der Waals surface area contributed by atoms with Gasteiger partial charge in [0.1, 0.15) is 0 Å². The number of rotatable bonds is 2. The quantitative estimate of drug-likeness (QED) is 0.792. The average molecular weight is 238 g/mol. The van der Waals surface area contributed by atoms with E-state index in [1.165, 1.54) is 49.2 Å². The van der Waals surface area contributed by atoms with Crippen LogP contribution < -0.4 is 4.90 Å². The maximum absolute atomic E-state index is 4.29. The van der Waals surface area contributed by atoms with Gasteiger partial charge in [0, 0.05) is 36.7 Å². The van der Waals surface area contributed by atoms with Crippen LogP contribution >= 0.6 is 0 Å². The second-order valence-electron chi connectivity index (χ2n) is 4.81. The van der Waals surface area contributed by atoms with Crippen molar-refractivity contribution in [3.63, 3.8) is 0 Å². The first-order valence-corrected chi connectivity index (χ1v) is 6.69. The molecule has 0 bridgehead atoms. The first-order chi connectivity index (χ1) is 8.95. The van der Waals surface area contributed by atoms with Gasteiger partial charge in [-0.1, -0.05) is 30.3 Å². The fourth-order valence-corrected chi connectivity index (χ4v) is 2.64. The highest BCUT2D eigenvalue weighted by Crippen LogP contribution is 2.31. The van der Waals surface area contributed by atoms with Crippen LogP contribution in [-0.2, 0) is 0 Å². The van der Waals surface area contributed by atoms with Crippen molar-refractivity contribution in [2.75, 3.05) is 18.0 Å². The Kier molecular flexibility index (Phi) is 3.26. The molecule has 1 fully saturated rings. The van der Waals surface area contributed by atoms with Crippen LogP contribution in [-0.4, -0.2) is 18.1 Å². The molecule has 2 nitrogen and oxygen atoms in total. The molecule has 0 saturated carbocycles. The van der Waals surface area contributed by atoms with E-state index in [1.807, 2.05) is 12.4 Å². The lowest BCUT2D eigenvalue weighted by molar-refractivity contribution is 0.578. The fourth-order valence-electron chi connectivity index (χ4n) is 2.64. The molecule has 0 amide bonds. The molecule has 0 aliphatic carbocycles. The Labute approximate surface area is 108 Å². The zero-order chi connectivity index (χ0) is 12.2. The summed E-state index contributed by atoms with van der Waals surface area (Å²) in [5.41, 5.74) is 3.84. The summed E-state index contributed by atoms with van der Waals surface area (Å²) in [5.74, 6) is 0. The van der Waals surface area contributed by atoms with Gasteiger partial charge in [-0.25, -0.2) is 0 Å². The largest absolute Gasteiger partial charge is 0.371 e. The van der Waals surface area contributed by atoms with Crippen LogP contribution in [0.15, 0.2) is 48.8 Å². The fraction of sp³-hybridized carbons (Fsp3) is 0.312. The number of pyridine rings is 1. The van der Waals surface area contributed by atoms with Gasteiger partial charge < -0.3 is 4.90 Å². The summed E-state index contributed by atoms with van der Waals surface area (Å²) in [6.07, 6.45) is 7.85. The van der Waals surface area contributed by atoms with Crippen molar-refractivity contribution >= 4 is 5.69 Å². The molecular weight excluding hydrogens is 220 g/mol. The van der Waals surface area contributed by atoms with Crippen molar-refractivity contribution in [1.29, 1.82) is 0 Å². The van der Waals surface area contributed by atoms with E-state index in [0.29, 0.717) is 0 Å². The minimum atomic E-state index is 1.17. The number of piperidine rings is 1. The van der Waals surface area contributed by atoms with Crippen LogP contribution in [0.5, 0.6) is 0 Å². The van der Waals surface area contributed by atoms with E-state index in [9.17, 15) is 0 Å². The van der Waals surface area contributed by atoms with E-state index in [-0.39, 0.29) is 0 Å². The summed E-state index contributed by atoms with van der Waals surface area (Å²) >= 11 is 0. The van der Waals surface area contributed by atoms with Gasteiger partial charge >= 0.3 is 0 Å². The van der Waals surface area contributed by atoms with Gasteiger partial charge in [-0.15, -0.1) is 0 Å². The minimum absolute atomic E-state index is 1.17. The minimum Gasteiger partial charge on any atom is -0.371 e.